The van der Waals surface area contributed by atoms with Crippen LogP contribution in [0.4, 0.5) is 4.79 Å². The van der Waals surface area contributed by atoms with Gasteiger partial charge in [0, 0.05) is 18.9 Å². The van der Waals surface area contributed by atoms with Crippen LogP contribution in [0.15, 0.2) is 48.8 Å². The molecule has 0 aliphatic rings. The molecule has 0 radical (unpaired) electrons. The van der Waals surface area contributed by atoms with Gasteiger partial charge in [-0.15, -0.1) is 0 Å². The van der Waals surface area contributed by atoms with E-state index in [9.17, 15) is 4.79 Å². The van der Waals surface area contributed by atoms with Gasteiger partial charge in [0.2, 0.25) is 0 Å². The lowest BCUT2D eigenvalue weighted by molar-refractivity contribution is 0.139. The molecule has 1 aromatic carbocycles. The predicted molar refractivity (Wildman–Crippen MR) is 72.4 cm³/mol. The highest BCUT2D eigenvalue weighted by atomic mass is 16.5. The predicted octanol–water partition coefficient (Wildman–Crippen LogP) is 2.82. The van der Waals surface area contributed by atoms with Gasteiger partial charge < -0.3 is 10.1 Å². The molecule has 0 atom stereocenters. The number of amides is 1. The summed E-state index contributed by atoms with van der Waals surface area (Å²) in [6, 6.07) is 11.5. The molecule has 0 fully saturated rings. The van der Waals surface area contributed by atoms with Gasteiger partial charge in [0.05, 0.1) is 0 Å². The van der Waals surface area contributed by atoms with Crippen molar-refractivity contribution in [2.75, 3.05) is 0 Å². The van der Waals surface area contributed by atoms with Crippen molar-refractivity contribution in [2.45, 2.75) is 20.1 Å². The lowest BCUT2D eigenvalue weighted by Gasteiger charge is -2.08. The molecule has 2 aromatic rings. The zero-order valence-electron chi connectivity index (χ0n) is 10.8. The molecule has 4 nitrogen and oxygen atoms in total. The third-order valence-electron chi connectivity index (χ3n) is 2.78. The van der Waals surface area contributed by atoms with Gasteiger partial charge in [0.15, 0.2) is 0 Å². The van der Waals surface area contributed by atoms with Crippen LogP contribution in [0.1, 0.15) is 16.7 Å². The SMILES string of the molecule is Cc1ccncc1CNC(=O)OCc1ccccc1. The molecule has 0 saturated carbocycles. The van der Waals surface area contributed by atoms with E-state index in [1.54, 1.807) is 12.4 Å². The van der Waals surface area contributed by atoms with Gasteiger partial charge in [-0.25, -0.2) is 4.79 Å². The first-order valence-electron chi connectivity index (χ1n) is 6.10. The monoisotopic (exact) mass is 256 g/mol. The molecular weight excluding hydrogens is 240 g/mol. The third kappa shape index (κ3) is 4.10. The lowest BCUT2D eigenvalue weighted by atomic mass is 10.2. The highest BCUT2D eigenvalue weighted by molar-refractivity contribution is 5.67. The molecule has 0 bridgehead atoms. The Morgan fingerprint density at radius 2 is 2.05 bits per heavy atom. The number of hydrogen-bond donors (Lipinski definition) is 1. The van der Waals surface area contributed by atoms with E-state index in [0.29, 0.717) is 6.54 Å². The number of pyridine rings is 1. The van der Waals surface area contributed by atoms with Crippen molar-refractivity contribution >= 4 is 6.09 Å². The zero-order chi connectivity index (χ0) is 13.5. The summed E-state index contributed by atoms with van der Waals surface area (Å²) in [5, 5.41) is 2.71. The molecule has 98 valence electrons. The third-order valence-corrected chi connectivity index (χ3v) is 2.78. The summed E-state index contributed by atoms with van der Waals surface area (Å²) in [7, 11) is 0. The van der Waals surface area contributed by atoms with Crippen molar-refractivity contribution in [2.24, 2.45) is 0 Å². The Hall–Kier alpha value is -2.36. The highest BCUT2D eigenvalue weighted by Crippen LogP contribution is 2.05. The van der Waals surface area contributed by atoms with Gasteiger partial charge in [0.1, 0.15) is 6.61 Å². The van der Waals surface area contributed by atoms with E-state index in [-0.39, 0.29) is 6.61 Å². The number of hydrogen-bond acceptors (Lipinski definition) is 3. The second-order valence-corrected chi connectivity index (χ2v) is 4.22. The van der Waals surface area contributed by atoms with Crippen LogP contribution in [0, 0.1) is 6.92 Å². The Balaban J connectivity index is 1.78. The Morgan fingerprint density at radius 3 is 2.79 bits per heavy atom. The Kier molecular flexibility index (Phi) is 4.50. The van der Waals surface area contributed by atoms with Crippen LogP contribution in [0.3, 0.4) is 0 Å². The minimum absolute atomic E-state index is 0.276. The molecule has 0 saturated heterocycles. The molecule has 2 rings (SSSR count). The van der Waals surface area contributed by atoms with Gasteiger partial charge in [-0.2, -0.15) is 0 Å². The summed E-state index contributed by atoms with van der Waals surface area (Å²) in [4.78, 5) is 15.6. The standard InChI is InChI=1S/C15H16N2O2/c1-12-7-8-16-9-14(12)10-17-15(18)19-11-13-5-3-2-4-6-13/h2-9H,10-11H2,1H3,(H,17,18). The number of nitrogens with zero attached hydrogens (tertiary/aromatic N) is 1. The van der Waals surface area contributed by atoms with Gasteiger partial charge in [-0.1, -0.05) is 30.3 Å². The molecule has 4 heteroatoms. The fourth-order valence-corrected chi connectivity index (χ4v) is 1.62. The van der Waals surface area contributed by atoms with Crippen molar-refractivity contribution in [3.63, 3.8) is 0 Å². The summed E-state index contributed by atoms with van der Waals surface area (Å²) in [6.45, 7) is 2.68. The molecule has 1 N–H and O–H groups in total. The van der Waals surface area contributed by atoms with Crippen LogP contribution in [0.25, 0.3) is 0 Å². The average Bonchev–Trinajstić information content (AvgIpc) is 2.45. The molecule has 0 aliphatic carbocycles. The maximum absolute atomic E-state index is 11.5. The number of carbonyl (C=O) groups excluding carboxylic acids is 1. The lowest BCUT2D eigenvalue weighted by Crippen LogP contribution is -2.24. The number of carbonyl (C=O) groups is 1. The molecule has 0 unspecified atom stereocenters. The van der Waals surface area contributed by atoms with Crippen molar-refractivity contribution in [1.29, 1.82) is 0 Å². The molecule has 19 heavy (non-hydrogen) atoms. The van der Waals surface area contributed by atoms with Crippen molar-refractivity contribution in [3.8, 4) is 0 Å². The number of alkyl carbamates (subject to hydrolysis) is 1. The molecular formula is C15H16N2O2. The van der Waals surface area contributed by atoms with E-state index in [0.717, 1.165) is 16.7 Å². The zero-order valence-corrected chi connectivity index (χ0v) is 10.8. The first kappa shape index (κ1) is 13.1. The quantitative estimate of drug-likeness (QED) is 0.915. The van der Waals surface area contributed by atoms with Crippen LogP contribution in [-0.4, -0.2) is 11.1 Å². The van der Waals surface area contributed by atoms with Crippen LogP contribution in [0.5, 0.6) is 0 Å². The first-order chi connectivity index (χ1) is 9.25. The fourth-order valence-electron chi connectivity index (χ4n) is 1.62. The van der Waals surface area contributed by atoms with Crippen LogP contribution >= 0.6 is 0 Å². The van der Waals surface area contributed by atoms with Gasteiger partial charge in [-0.05, 0) is 29.7 Å². The molecule has 1 aromatic heterocycles. The number of aryl methyl sites for hydroxylation is 1. The van der Waals surface area contributed by atoms with E-state index < -0.39 is 6.09 Å². The number of benzene rings is 1. The van der Waals surface area contributed by atoms with Gasteiger partial charge >= 0.3 is 6.09 Å². The van der Waals surface area contributed by atoms with E-state index in [2.05, 4.69) is 10.3 Å². The van der Waals surface area contributed by atoms with Gasteiger partial charge in [0.25, 0.3) is 0 Å². The molecule has 1 amide bonds. The largest absolute Gasteiger partial charge is 0.445 e. The van der Waals surface area contributed by atoms with Crippen molar-refractivity contribution in [3.05, 3.63) is 65.5 Å². The normalized spacial score (nSPS) is 9.95. The first-order valence-corrected chi connectivity index (χ1v) is 6.10. The molecule has 1 heterocycles. The summed E-state index contributed by atoms with van der Waals surface area (Å²) in [5.41, 5.74) is 3.05. The summed E-state index contributed by atoms with van der Waals surface area (Å²) in [5.74, 6) is 0. The second kappa shape index (κ2) is 6.54. The van der Waals surface area contributed by atoms with Crippen LogP contribution in [0.2, 0.25) is 0 Å². The summed E-state index contributed by atoms with van der Waals surface area (Å²) < 4.78 is 5.12. The minimum atomic E-state index is -0.424. The fraction of sp³-hybridized carbons (Fsp3) is 0.200. The Labute approximate surface area is 112 Å². The smallest absolute Gasteiger partial charge is 0.407 e. The number of aromatic nitrogens is 1. The maximum atomic E-state index is 11.5. The van der Waals surface area contributed by atoms with Crippen molar-refractivity contribution < 1.29 is 9.53 Å². The molecule has 0 spiro atoms. The maximum Gasteiger partial charge on any atom is 0.407 e. The summed E-state index contributed by atoms with van der Waals surface area (Å²) in [6.07, 6.45) is 3.05. The topological polar surface area (TPSA) is 51.2 Å². The average molecular weight is 256 g/mol. The van der Waals surface area contributed by atoms with Gasteiger partial charge in [-0.3, -0.25) is 4.98 Å². The van der Waals surface area contributed by atoms with Crippen LogP contribution < -0.4 is 5.32 Å². The Bertz CT molecular complexity index is 541. The van der Waals surface area contributed by atoms with E-state index in [4.69, 9.17) is 4.74 Å². The number of ether oxygens (including phenoxy) is 1. The van der Waals surface area contributed by atoms with E-state index >= 15 is 0 Å². The highest BCUT2D eigenvalue weighted by Gasteiger charge is 2.04. The van der Waals surface area contributed by atoms with Crippen molar-refractivity contribution in [1.82, 2.24) is 10.3 Å². The molecule has 0 aliphatic heterocycles. The summed E-state index contributed by atoms with van der Waals surface area (Å²) >= 11 is 0. The number of rotatable bonds is 4. The number of nitrogens with one attached hydrogen (secondary N) is 1. The Morgan fingerprint density at radius 1 is 1.26 bits per heavy atom. The minimum Gasteiger partial charge on any atom is -0.445 e. The second-order valence-electron chi connectivity index (χ2n) is 4.22. The van der Waals surface area contributed by atoms with E-state index in [1.807, 2.05) is 43.3 Å². The van der Waals surface area contributed by atoms with Crippen LogP contribution in [-0.2, 0) is 17.9 Å². The van der Waals surface area contributed by atoms with E-state index in [1.165, 1.54) is 0 Å².